The number of fused-ring (bicyclic) bond motifs is 1. The van der Waals surface area contributed by atoms with E-state index in [0.29, 0.717) is 5.52 Å². The van der Waals surface area contributed by atoms with Crippen LogP contribution in [0.2, 0.25) is 0 Å². The van der Waals surface area contributed by atoms with Crippen molar-refractivity contribution in [3.05, 3.63) is 28.9 Å². The number of nitrogens with zero attached hydrogens (tertiary/aromatic N) is 2. The van der Waals surface area contributed by atoms with Gasteiger partial charge in [-0.15, -0.1) is 0 Å². The Labute approximate surface area is 123 Å². The standard InChI is InChI=1S/C11H14N3O7P/c15-7-3-9(21-8(7)4-20-22(17,18)19)14-5-13-10-6(14)1-2-12-11(10)16/h1-2,5,7-9,15H,3-4H2,(H,12,16)(H2,17,18,19)/t7-,8+,9+/m0/s1. The first-order chi connectivity index (χ1) is 10.3. The first kappa shape index (κ1) is 15.3. The first-order valence-corrected chi connectivity index (χ1v) is 7.96. The number of H-pyrrole nitrogens is 1. The van der Waals surface area contributed by atoms with E-state index in [9.17, 15) is 14.5 Å². The van der Waals surface area contributed by atoms with Crippen molar-refractivity contribution in [1.82, 2.24) is 14.5 Å². The molecule has 2 aromatic rings. The van der Waals surface area contributed by atoms with E-state index < -0.39 is 32.9 Å². The smallest absolute Gasteiger partial charge is 0.390 e. The van der Waals surface area contributed by atoms with Crippen LogP contribution >= 0.6 is 7.82 Å². The molecule has 3 rings (SSSR count). The van der Waals surface area contributed by atoms with Gasteiger partial charge in [-0.2, -0.15) is 0 Å². The van der Waals surface area contributed by atoms with Crippen LogP contribution in [0.25, 0.3) is 11.0 Å². The van der Waals surface area contributed by atoms with Crippen molar-refractivity contribution < 1.29 is 28.7 Å². The van der Waals surface area contributed by atoms with Gasteiger partial charge in [-0.1, -0.05) is 0 Å². The number of hydrogen-bond donors (Lipinski definition) is 4. The minimum atomic E-state index is -4.63. The lowest BCUT2D eigenvalue weighted by molar-refractivity contribution is -0.0422. The number of nitrogens with one attached hydrogen (secondary N) is 1. The Morgan fingerprint density at radius 2 is 2.32 bits per heavy atom. The van der Waals surface area contributed by atoms with Crippen LogP contribution in [-0.2, 0) is 13.8 Å². The average Bonchev–Trinajstić information content (AvgIpc) is 3.00. The number of hydrogen-bond acceptors (Lipinski definition) is 6. The van der Waals surface area contributed by atoms with E-state index in [2.05, 4.69) is 14.5 Å². The third kappa shape index (κ3) is 2.98. The summed E-state index contributed by atoms with van der Waals surface area (Å²) in [5, 5.41) is 9.92. The Morgan fingerprint density at radius 3 is 3.05 bits per heavy atom. The first-order valence-electron chi connectivity index (χ1n) is 6.43. The monoisotopic (exact) mass is 331 g/mol. The molecule has 0 saturated carbocycles. The van der Waals surface area contributed by atoms with Crippen LogP contribution < -0.4 is 5.56 Å². The van der Waals surface area contributed by atoms with Crippen molar-refractivity contribution in [3.8, 4) is 0 Å². The lowest BCUT2D eigenvalue weighted by Crippen LogP contribution is -2.25. The molecule has 10 nitrogen and oxygen atoms in total. The van der Waals surface area contributed by atoms with Crippen LogP contribution in [0.15, 0.2) is 23.4 Å². The number of phosphoric acid groups is 1. The second kappa shape index (κ2) is 5.58. The van der Waals surface area contributed by atoms with Crippen molar-refractivity contribution in [3.63, 3.8) is 0 Å². The van der Waals surface area contributed by atoms with Gasteiger partial charge in [0.15, 0.2) is 5.52 Å². The maximum Gasteiger partial charge on any atom is 0.469 e. The molecule has 0 amide bonds. The molecule has 4 N–H and O–H groups in total. The van der Waals surface area contributed by atoms with E-state index in [4.69, 9.17) is 14.5 Å². The van der Waals surface area contributed by atoms with Crippen molar-refractivity contribution >= 4 is 18.9 Å². The Hall–Kier alpha value is -1.55. The highest BCUT2D eigenvalue weighted by atomic mass is 31.2. The van der Waals surface area contributed by atoms with E-state index in [1.165, 1.54) is 12.5 Å². The number of phosphoric ester groups is 1. The highest BCUT2D eigenvalue weighted by Gasteiger charge is 2.37. The van der Waals surface area contributed by atoms with Gasteiger partial charge in [0.25, 0.3) is 5.56 Å². The number of ether oxygens (including phenoxy) is 1. The maximum absolute atomic E-state index is 11.6. The quantitative estimate of drug-likeness (QED) is 0.547. The molecule has 120 valence electrons. The van der Waals surface area contributed by atoms with Crippen molar-refractivity contribution in [2.45, 2.75) is 24.9 Å². The normalized spacial score (nSPS) is 25.9. The van der Waals surface area contributed by atoms with E-state index in [0.717, 1.165) is 0 Å². The lowest BCUT2D eigenvalue weighted by atomic mass is 10.2. The van der Waals surface area contributed by atoms with Gasteiger partial charge in [0, 0.05) is 12.6 Å². The molecular formula is C11H14N3O7P. The molecule has 1 aliphatic heterocycles. The van der Waals surface area contributed by atoms with E-state index in [1.54, 1.807) is 10.6 Å². The third-order valence-corrected chi connectivity index (χ3v) is 3.91. The summed E-state index contributed by atoms with van der Waals surface area (Å²) in [6.07, 6.45) is 0.653. The Balaban J connectivity index is 1.80. The van der Waals surface area contributed by atoms with Crippen LogP contribution in [0, 0.1) is 0 Å². The highest BCUT2D eigenvalue weighted by molar-refractivity contribution is 7.46. The Kier molecular flexibility index (Phi) is 3.89. The van der Waals surface area contributed by atoms with Crippen molar-refractivity contribution in [1.29, 1.82) is 0 Å². The molecule has 11 heteroatoms. The summed E-state index contributed by atoms with van der Waals surface area (Å²) in [6.45, 7) is -0.435. The molecule has 0 aromatic carbocycles. The molecule has 2 aromatic heterocycles. The van der Waals surface area contributed by atoms with Crippen LogP contribution in [0.5, 0.6) is 0 Å². The van der Waals surface area contributed by atoms with Gasteiger partial charge in [0.1, 0.15) is 12.3 Å². The molecule has 0 spiro atoms. The van der Waals surface area contributed by atoms with Crippen molar-refractivity contribution in [2.75, 3.05) is 6.61 Å². The summed E-state index contributed by atoms with van der Waals surface area (Å²) in [5.41, 5.74) is 0.448. The third-order valence-electron chi connectivity index (χ3n) is 3.42. The predicted octanol–water partition coefficient (Wildman–Crippen LogP) is -0.518. The molecular weight excluding hydrogens is 317 g/mol. The fourth-order valence-corrected chi connectivity index (χ4v) is 2.75. The Bertz CT molecular complexity index is 781. The summed E-state index contributed by atoms with van der Waals surface area (Å²) in [5.74, 6) is 0. The summed E-state index contributed by atoms with van der Waals surface area (Å²) in [7, 11) is -4.63. The van der Waals surface area contributed by atoms with E-state index >= 15 is 0 Å². The predicted molar refractivity (Wildman–Crippen MR) is 72.9 cm³/mol. The van der Waals surface area contributed by atoms with Crippen LogP contribution in [0.3, 0.4) is 0 Å². The molecule has 0 bridgehead atoms. The van der Waals surface area contributed by atoms with Crippen LogP contribution in [-0.4, -0.2) is 48.2 Å². The lowest BCUT2D eigenvalue weighted by Gasteiger charge is -2.16. The zero-order valence-corrected chi connectivity index (χ0v) is 12.1. The van der Waals surface area contributed by atoms with Gasteiger partial charge in [-0.05, 0) is 6.07 Å². The SMILES string of the molecule is O=c1[nH]ccc2c1ncn2[C@H]1C[C@H](O)[C@@H](COP(=O)(O)O)O1. The number of pyridine rings is 1. The van der Waals surface area contributed by atoms with Gasteiger partial charge in [0.2, 0.25) is 0 Å². The minimum absolute atomic E-state index is 0.188. The summed E-state index contributed by atoms with van der Waals surface area (Å²) < 4.78 is 22.2. The molecule has 1 aliphatic rings. The summed E-state index contributed by atoms with van der Waals surface area (Å²) in [4.78, 5) is 35.5. The molecule has 3 atom stereocenters. The van der Waals surface area contributed by atoms with E-state index in [-0.39, 0.29) is 17.5 Å². The van der Waals surface area contributed by atoms with Gasteiger partial charge in [-0.25, -0.2) is 9.55 Å². The van der Waals surface area contributed by atoms with Gasteiger partial charge in [-0.3, -0.25) is 9.32 Å². The maximum atomic E-state index is 11.6. The van der Waals surface area contributed by atoms with E-state index in [1.807, 2.05) is 0 Å². The van der Waals surface area contributed by atoms with Crippen molar-refractivity contribution in [2.24, 2.45) is 0 Å². The van der Waals surface area contributed by atoms with Gasteiger partial charge >= 0.3 is 7.82 Å². The summed E-state index contributed by atoms with van der Waals surface area (Å²) >= 11 is 0. The fourth-order valence-electron chi connectivity index (χ4n) is 2.41. The highest BCUT2D eigenvalue weighted by Crippen LogP contribution is 2.38. The zero-order valence-electron chi connectivity index (χ0n) is 11.2. The van der Waals surface area contributed by atoms with Gasteiger partial charge < -0.3 is 29.2 Å². The molecule has 22 heavy (non-hydrogen) atoms. The molecule has 0 aliphatic carbocycles. The second-order valence-corrected chi connectivity index (χ2v) is 6.15. The molecule has 3 heterocycles. The number of rotatable bonds is 4. The van der Waals surface area contributed by atoms with Crippen LogP contribution in [0.4, 0.5) is 0 Å². The Morgan fingerprint density at radius 1 is 1.55 bits per heavy atom. The van der Waals surface area contributed by atoms with Crippen LogP contribution in [0.1, 0.15) is 12.6 Å². The van der Waals surface area contributed by atoms with Gasteiger partial charge in [0.05, 0.1) is 24.6 Å². The average molecular weight is 331 g/mol. The largest absolute Gasteiger partial charge is 0.469 e. The number of aromatic nitrogens is 3. The topological polar surface area (TPSA) is 147 Å². The number of aliphatic hydroxyl groups is 1. The molecule has 0 unspecified atom stereocenters. The second-order valence-electron chi connectivity index (χ2n) is 4.91. The number of aromatic amines is 1. The summed E-state index contributed by atoms with van der Waals surface area (Å²) in [6, 6.07) is 1.65. The number of aliphatic hydroxyl groups excluding tert-OH is 1. The molecule has 1 fully saturated rings. The molecule has 1 saturated heterocycles. The number of imidazole rings is 1. The zero-order chi connectivity index (χ0) is 15.9. The molecule has 0 radical (unpaired) electrons. The fraction of sp³-hybridized carbons (Fsp3) is 0.455. The minimum Gasteiger partial charge on any atom is -0.390 e.